The smallest absolute Gasteiger partial charge is 0.310 e. The van der Waals surface area contributed by atoms with Crippen LogP contribution < -0.4 is 9.80 Å². The van der Waals surface area contributed by atoms with Crippen LogP contribution in [0, 0.1) is 5.82 Å². The SMILES string of the molecule is Fc1ccc2c(c1)C1(c3ccccc3N2c2ccc(-c3ccccc3)cc2)c2ccccc2N(c2ccc(-c3ccccc3)cc2)c2ccc(C(F)(F)F)cc21. The van der Waals surface area contributed by atoms with Gasteiger partial charge in [0.1, 0.15) is 5.82 Å². The fourth-order valence-electron chi connectivity index (χ4n) is 8.74. The summed E-state index contributed by atoms with van der Waals surface area (Å²) in [6.07, 6.45) is -4.62. The predicted molar refractivity (Wildman–Crippen MR) is 217 cm³/mol. The molecule has 1 atom stereocenters. The first-order chi connectivity index (χ1) is 27.3. The van der Waals surface area contributed by atoms with Gasteiger partial charge < -0.3 is 9.80 Å². The molecule has 0 aliphatic carbocycles. The predicted octanol–water partition coefficient (Wildman–Crippen LogP) is 14.1. The number of para-hydroxylation sites is 2. The van der Waals surface area contributed by atoms with Crippen molar-refractivity contribution in [3.05, 3.63) is 228 Å². The molecule has 6 heteroatoms. The molecule has 2 nitrogen and oxygen atoms in total. The monoisotopic (exact) mass is 736 g/mol. The number of fused-ring (bicyclic) bond motifs is 8. The zero-order chi connectivity index (χ0) is 38.0. The molecule has 8 aromatic rings. The van der Waals surface area contributed by atoms with Crippen molar-refractivity contribution < 1.29 is 17.6 Å². The molecule has 0 bridgehead atoms. The Morgan fingerprint density at radius 2 is 0.750 bits per heavy atom. The summed E-state index contributed by atoms with van der Waals surface area (Å²) >= 11 is 0. The van der Waals surface area contributed by atoms with Gasteiger partial charge in [0.2, 0.25) is 0 Å². The maximum Gasteiger partial charge on any atom is 0.416 e. The Kier molecular flexibility index (Phi) is 7.72. The van der Waals surface area contributed by atoms with Gasteiger partial charge in [-0.25, -0.2) is 4.39 Å². The summed E-state index contributed by atoms with van der Waals surface area (Å²) in [5, 5.41) is 0. The zero-order valence-electron chi connectivity index (χ0n) is 29.9. The second-order valence-electron chi connectivity index (χ2n) is 14.2. The van der Waals surface area contributed by atoms with Crippen molar-refractivity contribution in [2.75, 3.05) is 9.80 Å². The van der Waals surface area contributed by atoms with Gasteiger partial charge in [-0.3, -0.25) is 0 Å². The van der Waals surface area contributed by atoms with Crippen LogP contribution in [0.3, 0.4) is 0 Å². The van der Waals surface area contributed by atoms with E-state index in [1.54, 1.807) is 12.1 Å². The number of hydrogen-bond donors (Lipinski definition) is 0. The molecule has 0 saturated carbocycles. The number of alkyl halides is 3. The van der Waals surface area contributed by atoms with Crippen LogP contribution >= 0.6 is 0 Å². The molecule has 1 unspecified atom stereocenters. The van der Waals surface area contributed by atoms with Gasteiger partial charge in [-0.1, -0.05) is 121 Å². The highest BCUT2D eigenvalue weighted by Crippen LogP contribution is 2.64. The van der Waals surface area contributed by atoms with Crippen molar-refractivity contribution in [2.24, 2.45) is 0 Å². The lowest BCUT2D eigenvalue weighted by molar-refractivity contribution is -0.137. The summed E-state index contributed by atoms with van der Waals surface area (Å²) in [6.45, 7) is 0. The van der Waals surface area contributed by atoms with E-state index in [9.17, 15) is 13.2 Å². The number of halogens is 4. The maximum atomic E-state index is 15.9. The molecular weight excluding hydrogens is 705 g/mol. The van der Waals surface area contributed by atoms with Gasteiger partial charge in [-0.15, -0.1) is 0 Å². The summed E-state index contributed by atoms with van der Waals surface area (Å²) in [5.41, 5.74) is 9.02. The van der Waals surface area contributed by atoms with E-state index in [-0.39, 0.29) is 0 Å². The van der Waals surface area contributed by atoms with Crippen molar-refractivity contribution in [3.63, 3.8) is 0 Å². The van der Waals surface area contributed by atoms with Gasteiger partial charge in [0.15, 0.2) is 0 Å². The molecule has 56 heavy (non-hydrogen) atoms. The molecule has 0 saturated heterocycles. The Morgan fingerprint density at radius 3 is 1.23 bits per heavy atom. The van der Waals surface area contributed by atoms with Crippen LogP contribution in [0.15, 0.2) is 194 Å². The van der Waals surface area contributed by atoms with Crippen molar-refractivity contribution in [3.8, 4) is 22.3 Å². The topological polar surface area (TPSA) is 6.48 Å². The summed E-state index contributed by atoms with van der Waals surface area (Å²) in [5.74, 6) is -0.480. The van der Waals surface area contributed by atoms with E-state index < -0.39 is 23.0 Å². The van der Waals surface area contributed by atoms with Gasteiger partial charge in [0.05, 0.1) is 33.7 Å². The molecule has 0 aromatic heterocycles. The van der Waals surface area contributed by atoms with E-state index in [2.05, 4.69) is 29.2 Å². The lowest BCUT2D eigenvalue weighted by atomic mass is 9.60. The first kappa shape index (κ1) is 33.6. The average molecular weight is 737 g/mol. The summed E-state index contributed by atoms with van der Waals surface area (Å²) < 4.78 is 60.5. The minimum absolute atomic E-state index is 0.413. The highest BCUT2D eigenvalue weighted by molar-refractivity contribution is 5.97. The number of benzene rings is 8. The van der Waals surface area contributed by atoms with Gasteiger partial charge in [0, 0.05) is 11.4 Å². The fourth-order valence-corrected chi connectivity index (χ4v) is 8.74. The molecule has 2 aliphatic rings. The number of nitrogens with zero attached hydrogens (tertiary/aromatic N) is 2. The Labute approximate surface area is 322 Å². The Balaban J connectivity index is 1.24. The highest BCUT2D eigenvalue weighted by Gasteiger charge is 2.52. The Hall–Kier alpha value is -6.92. The molecule has 0 radical (unpaired) electrons. The number of rotatable bonds is 4. The molecule has 1 spiro atoms. The zero-order valence-corrected chi connectivity index (χ0v) is 29.9. The number of anilines is 6. The second-order valence-corrected chi connectivity index (χ2v) is 14.2. The van der Waals surface area contributed by atoms with Crippen molar-refractivity contribution in [1.82, 2.24) is 0 Å². The molecule has 0 fully saturated rings. The molecule has 0 N–H and O–H groups in total. The van der Waals surface area contributed by atoms with E-state index in [0.29, 0.717) is 22.5 Å². The van der Waals surface area contributed by atoms with Crippen LogP contribution in [-0.2, 0) is 11.6 Å². The van der Waals surface area contributed by atoms with Crippen LogP contribution in [0.4, 0.5) is 51.7 Å². The molecule has 270 valence electrons. The van der Waals surface area contributed by atoms with E-state index in [1.807, 2.05) is 138 Å². The third-order valence-corrected chi connectivity index (χ3v) is 11.1. The van der Waals surface area contributed by atoms with E-state index in [0.717, 1.165) is 62.2 Å². The molecular formula is C50H32F4N2. The molecule has 2 heterocycles. The van der Waals surface area contributed by atoms with Gasteiger partial charge in [-0.2, -0.15) is 13.2 Å². The summed E-state index contributed by atoms with van der Waals surface area (Å²) in [4.78, 5) is 4.12. The molecule has 10 rings (SSSR count). The lowest BCUT2D eigenvalue weighted by Gasteiger charge is -2.51. The fraction of sp³-hybridized carbons (Fsp3) is 0.0400. The summed E-state index contributed by atoms with van der Waals surface area (Å²) in [7, 11) is 0. The second kappa shape index (κ2) is 12.8. The van der Waals surface area contributed by atoms with Crippen LogP contribution in [0.25, 0.3) is 22.3 Å². The van der Waals surface area contributed by atoms with Crippen molar-refractivity contribution in [2.45, 2.75) is 11.6 Å². The molecule has 2 aliphatic heterocycles. The van der Waals surface area contributed by atoms with E-state index in [4.69, 9.17) is 0 Å². The van der Waals surface area contributed by atoms with Crippen molar-refractivity contribution >= 4 is 34.1 Å². The van der Waals surface area contributed by atoms with E-state index >= 15 is 4.39 Å². The van der Waals surface area contributed by atoms with Crippen LogP contribution in [0.1, 0.15) is 27.8 Å². The minimum Gasteiger partial charge on any atom is -0.310 e. The first-order valence-corrected chi connectivity index (χ1v) is 18.4. The quantitative estimate of drug-likeness (QED) is 0.166. The Bertz CT molecular complexity index is 2700. The third kappa shape index (κ3) is 5.17. The lowest BCUT2D eigenvalue weighted by Crippen LogP contribution is -2.42. The van der Waals surface area contributed by atoms with E-state index in [1.165, 1.54) is 18.2 Å². The normalized spacial score (nSPS) is 15.5. The molecule has 8 aromatic carbocycles. The molecule has 0 amide bonds. The highest BCUT2D eigenvalue weighted by atomic mass is 19.4. The number of hydrogen-bond acceptors (Lipinski definition) is 2. The van der Waals surface area contributed by atoms with Gasteiger partial charge in [0.25, 0.3) is 0 Å². The third-order valence-electron chi connectivity index (χ3n) is 11.1. The van der Waals surface area contributed by atoms with Gasteiger partial charge >= 0.3 is 6.18 Å². The largest absolute Gasteiger partial charge is 0.416 e. The van der Waals surface area contributed by atoms with Crippen LogP contribution in [0.5, 0.6) is 0 Å². The van der Waals surface area contributed by atoms with Crippen LogP contribution in [0.2, 0.25) is 0 Å². The van der Waals surface area contributed by atoms with Crippen molar-refractivity contribution in [1.29, 1.82) is 0 Å². The van der Waals surface area contributed by atoms with Gasteiger partial charge in [-0.05, 0) is 117 Å². The minimum atomic E-state index is -4.62. The first-order valence-electron chi connectivity index (χ1n) is 18.4. The summed E-state index contributed by atoms with van der Waals surface area (Å²) in [6, 6.07) is 60.7. The Morgan fingerprint density at radius 1 is 0.357 bits per heavy atom. The maximum absolute atomic E-state index is 15.9. The standard InChI is InChI=1S/C50H32F4N2/c51-38-24-30-48-44(32-38)49(42-16-8-10-18-46(42)56(48)40-27-21-36(22-28-40)34-13-5-2-6-14-34)41-15-7-9-17-45(41)55(47-29-23-37(31-43(47)49)50(52,53)54)39-25-19-35(20-26-39)33-11-3-1-4-12-33/h1-32H. The van der Waals surface area contributed by atoms with Crippen LogP contribution in [-0.4, -0.2) is 0 Å². The average Bonchev–Trinajstić information content (AvgIpc) is 3.24.